The Kier molecular flexibility index (Phi) is 11.2. The summed E-state index contributed by atoms with van der Waals surface area (Å²) in [4.78, 5) is 46.1. The lowest BCUT2D eigenvalue weighted by atomic mass is 10.0. The van der Waals surface area contributed by atoms with Crippen molar-refractivity contribution in [3.05, 3.63) is 128 Å². The van der Waals surface area contributed by atoms with Gasteiger partial charge in [0, 0.05) is 17.4 Å². The minimum Gasteiger partial charge on any atom is -0.619 e. The Bertz CT molecular complexity index is 2500. The summed E-state index contributed by atoms with van der Waals surface area (Å²) < 4.78 is 70.3. The fraction of sp³-hybridized carbons (Fsp3) is 0.256. The number of alkyl halides is 2. The Hall–Kier alpha value is -5.58. The average molecular weight is 842 g/mol. The fourth-order valence-electron chi connectivity index (χ4n) is 6.31. The third-order valence-corrected chi connectivity index (χ3v) is 11.1. The number of nitrogens with zero attached hydrogens (tertiary/aromatic N) is 4. The largest absolute Gasteiger partial charge is 0.619 e. The number of carbonyl (C=O) groups is 3. The number of hydrogen-bond acceptors (Lipinski definition) is 10. The molecule has 0 spiro atoms. The van der Waals surface area contributed by atoms with Gasteiger partial charge in [0.2, 0.25) is 10.0 Å². The van der Waals surface area contributed by atoms with E-state index in [1.165, 1.54) is 36.4 Å². The molecule has 2 aliphatic rings. The van der Waals surface area contributed by atoms with Crippen LogP contribution >= 0.6 is 23.2 Å². The number of fused-ring (bicyclic) bond motifs is 2. The zero-order chi connectivity index (χ0) is 40.6. The van der Waals surface area contributed by atoms with E-state index in [1.54, 1.807) is 12.1 Å². The van der Waals surface area contributed by atoms with E-state index in [2.05, 4.69) is 9.72 Å². The van der Waals surface area contributed by atoms with Gasteiger partial charge in [-0.1, -0.05) is 53.5 Å². The van der Waals surface area contributed by atoms with Crippen LogP contribution in [0.1, 0.15) is 56.5 Å². The molecule has 1 atom stereocenters. The lowest BCUT2D eigenvalue weighted by Crippen LogP contribution is -2.36. The number of benzene rings is 3. The molecular weight excluding hydrogens is 809 g/mol. The molecule has 0 radical (unpaired) electrons. The number of para-hydroxylation sites is 1. The predicted molar refractivity (Wildman–Crippen MR) is 204 cm³/mol. The topological polar surface area (TPSA) is 159 Å². The number of amides is 2. The van der Waals surface area contributed by atoms with Gasteiger partial charge in [0.1, 0.15) is 22.7 Å². The maximum Gasteiger partial charge on any atom is 0.387 e. The number of ether oxygens (including phenoxy) is 3. The maximum atomic E-state index is 13.7. The van der Waals surface area contributed by atoms with Crippen molar-refractivity contribution in [2.75, 3.05) is 23.7 Å². The van der Waals surface area contributed by atoms with E-state index in [9.17, 15) is 36.8 Å². The summed E-state index contributed by atoms with van der Waals surface area (Å²) in [5.74, 6) is -2.80. The van der Waals surface area contributed by atoms with Crippen LogP contribution in [0.3, 0.4) is 0 Å². The zero-order valence-corrected chi connectivity index (χ0v) is 32.3. The standard InChI is InChI=1S/C39H32Cl2F2N4O9S/c1-57(52,53)47(17-25-10-8-23-4-2-3-5-32(23)44-25)26-11-12-27-28(15-26)38(50)46(37(27)49)20-36(48)55-34(16-29-30(40)18-45(51)19-31(29)41)24-9-13-33(56-39(42)43)35(14-24)54-21-22-6-7-22/h2-5,8-15,18-19,22,34,39H,6-7,16-17,20-21H2,1H3. The molecule has 1 fully saturated rings. The van der Waals surface area contributed by atoms with Gasteiger partial charge in [-0.15, -0.1) is 0 Å². The predicted octanol–water partition coefficient (Wildman–Crippen LogP) is 6.65. The molecule has 13 nitrogen and oxygen atoms in total. The van der Waals surface area contributed by atoms with Crippen molar-refractivity contribution in [1.29, 1.82) is 0 Å². The minimum absolute atomic E-state index is 0.0425. The number of carbonyl (C=O) groups excluding carboxylic acids is 3. The molecule has 0 saturated heterocycles. The van der Waals surface area contributed by atoms with Crippen molar-refractivity contribution in [3.63, 3.8) is 0 Å². The van der Waals surface area contributed by atoms with Gasteiger partial charge in [-0.3, -0.25) is 28.6 Å². The maximum absolute atomic E-state index is 13.7. The fourth-order valence-corrected chi connectivity index (χ4v) is 7.77. The number of esters is 1. The second-order valence-corrected chi connectivity index (χ2v) is 16.2. The average Bonchev–Trinajstić information content (AvgIpc) is 3.96. The molecule has 5 aromatic rings. The highest BCUT2D eigenvalue weighted by Crippen LogP contribution is 2.38. The number of anilines is 1. The Labute approximate surface area is 334 Å². The Morgan fingerprint density at radius 1 is 0.982 bits per heavy atom. The highest BCUT2D eigenvalue weighted by molar-refractivity contribution is 7.92. The molecule has 1 saturated carbocycles. The van der Waals surface area contributed by atoms with Gasteiger partial charge < -0.3 is 19.4 Å². The molecule has 1 aliphatic carbocycles. The Morgan fingerprint density at radius 2 is 1.70 bits per heavy atom. The summed E-state index contributed by atoms with van der Waals surface area (Å²) in [5.41, 5.74) is 1.42. The van der Waals surface area contributed by atoms with Crippen molar-refractivity contribution in [3.8, 4) is 11.5 Å². The van der Waals surface area contributed by atoms with Gasteiger partial charge in [-0.2, -0.15) is 13.5 Å². The number of aromatic nitrogens is 2. The second-order valence-electron chi connectivity index (χ2n) is 13.5. The van der Waals surface area contributed by atoms with Crippen molar-refractivity contribution in [2.45, 2.75) is 38.5 Å². The van der Waals surface area contributed by atoms with Crippen LogP contribution in [0.4, 0.5) is 14.5 Å². The Balaban J connectivity index is 1.14. The quantitative estimate of drug-likeness (QED) is 0.0483. The first kappa shape index (κ1) is 39.6. The number of sulfonamides is 1. The van der Waals surface area contributed by atoms with Gasteiger partial charge >= 0.3 is 12.6 Å². The minimum atomic E-state index is -3.92. The van der Waals surface area contributed by atoms with Crippen molar-refractivity contribution in [2.24, 2.45) is 5.92 Å². The normalized spacial score (nSPS) is 14.5. The van der Waals surface area contributed by atoms with Crippen molar-refractivity contribution in [1.82, 2.24) is 9.88 Å². The second kappa shape index (κ2) is 16.1. The van der Waals surface area contributed by atoms with E-state index in [0.717, 1.165) is 41.2 Å². The zero-order valence-electron chi connectivity index (χ0n) is 29.9. The van der Waals surface area contributed by atoms with Crippen LogP contribution < -0.4 is 18.5 Å². The molecule has 57 heavy (non-hydrogen) atoms. The molecule has 2 amide bonds. The van der Waals surface area contributed by atoms with Gasteiger partial charge in [-0.25, -0.2) is 8.42 Å². The number of hydrogen-bond donors (Lipinski definition) is 0. The van der Waals surface area contributed by atoms with Crippen molar-refractivity contribution < 1.29 is 50.5 Å². The number of halogens is 4. The van der Waals surface area contributed by atoms with E-state index < -0.39 is 47.1 Å². The van der Waals surface area contributed by atoms with E-state index >= 15 is 0 Å². The monoisotopic (exact) mass is 840 g/mol. The van der Waals surface area contributed by atoms with Crippen LogP contribution in [0, 0.1) is 11.1 Å². The lowest BCUT2D eigenvalue weighted by Gasteiger charge is -2.23. The van der Waals surface area contributed by atoms with Crippen LogP contribution in [-0.4, -0.2) is 62.1 Å². The molecule has 1 unspecified atom stereocenters. The summed E-state index contributed by atoms with van der Waals surface area (Å²) in [6.45, 7) is -3.95. The van der Waals surface area contributed by atoms with E-state index in [-0.39, 0.29) is 75.0 Å². The first-order valence-electron chi connectivity index (χ1n) is 17.4. The SMILES string of the molecule is CS(=O)(=O)N(Cc1ccc2ccccc2n1)c1ccc2c(c1)C(=O)N(CC(=O)OC(Cc1c(Cl)c[n+]([O-])cc1Cl)c1ccc(OC(F)F)c(OCC3CC3)c1)C2=O. The number of imide groups is 1. The van der Waals surface area contributed by atoms with Gasteiger partial charge in [0.15, 0.2) is 23.9 Å². The first-order chi connectivity index (χ1) is 27.1. The number of pyridine rings is 2. The summed E-state index contributed by atoms with van der Waals surface area (Å²) >= 11 is 12.7. The lowest BCUT2D eigenvalue weighted by molar-refractivity contribution is -0.605. The van der Waals surface area contributed by atoms with E-state index in [4.69, 9.17) is 32.7 Å². The van der Waals surface area contributed by atoms with Gasteiger partial charge in [-0.05, 0) is 66.8 Å². The molecule has 3 aromatic carbocycles. The molecule has 2 aromatic heterocycles. The molecule has 18 heteroatoms. The molecule has 7 rings (SSSR count). The number of rotatable bonds is 15. The summed E-state index contributed by atoms with van der Waals surface area (Å²) in [7, 11) is -3.92. The highest BCUT2D eigenvalue weighted by atomic mass is 35.5. The molecule has 1 aliphatic heterocycles. The van der Waals surface area contributed by atoms with E-state index in [0.29, 0.717) is 20.8 Å². The van der Waals surface area contributed by atoms with Crippen LogP contribution in [-0.2, 0) is 32.5 Å². The molecule has 296 valence electrons. The molecular formula is C39H32Cl2F2N4O9S. The highest BCUT2D eigenvalue weighted by Gasteiger charge is 2.39. The van der Waals surface area contributed by atoms with Crippen LogP contribution in [0.25, 0.3) is 10.9 Å². The van der Waals surface area contributed by atoms with Crippen LogP contribution in [0.15, 0.2) is 85.2 Å². The van der Waals surface area contributed by atoms with E-state index in [1.807, 2.05) is 24.3 Å². The summed E-state index contributed by atoms with van der Waals surface area (Å²) in [6, 6.07) is 18.7. The first-order valence-corrected chi connectivity index (χ1v) is 20.1. The molecule has 0 bridgehead atoms. The third-order valence-electron chi connectivity index (χ3n) is 9.34. The summed E-state index contributed by atoms with van der Waals surface area (Å²) in [5, 5.41) is 12.7. The summed E-state index contributed by atoms with van der Waals surface area (Å²) in [6.07, 6.45) is 3.43. The molecule has 0 N–H and O–H groups in total. The third kappa shape index (κ3) is 9.03. The van der Waals surface area contributed by atoms with Gasteiger partial charge in [0.25, 0.3) is 11.8 Å². The van der Waals surface area contributed by atoms with Gasteiger partial charge in [0.05, 0.1) is 47.4 Å². The van der Waals surface area contributed by atoms with Crippen LogP contribution in [0.2, 0.25) is 10.0 Å². The van der Waals surface area contributed by atoms with Crippen molar-refractivity contribution >= 4 is 67.6 Å². The molecule has 3 heterocycles. The van der Waals surface area contributed by atoms with Crippen LogP contribution in [0.5, 0.6) is 11.5 Å². The Morgan fingerprint density at radius 3 is 2.40 bits per heavy atom. The smallest absolute Gasteiger partial charge is 0.387 e.